The Morgan fingerprint density at radius 3 is 2.33 bits per heavy atom. The number of hydrogen-bond donors (Lipinski definition) is 0. The first-order valence-corrected chi connectivity index (χ1v) is 14.5. The molecule has 0 spiro atoms. The van der Waals surface area contributed by atoms with Crippen molar-refractivity contribution < 1.29 is 25.1 Å². The predicted octanol–water partition coefficient (Wildman–Crippen LogP) is 6.53. The van der Waals surface area contributed by atoms with Crippen LogP contribution < -0.4 is 0 Å². The van der Waals surface area contributed by atoms with Gasteiger partial charge in [0.05, 0.1) is 0 Å². The predicted molar refractivity (Wildman–Crippen MR) is 96.6 cm³/mol. The van der Waals surface area contributed by atoms with Crippen molar-refractivity contribution in [1.82, 2.24) is 0 Å². The van der Waals surface area contributed by atoms with Crippen LogP contribution in [-0.2, 0) is 25.1 Å². The summed E-state index contributed by atoms with van der Waals surface area (Å²) in [6, 6.07) is 0. The third kappa shape index (κ3) is 3.21. The van der Waals surface area contributed by atoms with Gasteiger partial charge in [-0.2, -0.15) is 0 Å². The van der Waals surface area contributed by atoms with Crippen LogP contribution in [0.2, 0.25) is 14.7 Å². The minimum atomic E-state index is -2.69. The molecule has 24 heavy (non-hydrogen) atoms. The summed E-state index contributed by atoms with van der Waals surface area (Å²) in [5.74, 6) is 0.613. The Bertz CT molecular complexity index is 604. The molecule has 0 N–H and O–H groups in total. The zero-order valence-electron chi connectivity index (χ0n) is 16.4. The van der Waals surface area contributed by atoms with Gasteiger partial charge in [-0.3, -0.25) is 0 Å². The average Bonchev–Trinajstić information content (AvgIpc) is 2.80. The van der Waals surface area contributed by atoms with Gasteiger partial charge in [0, 0.05) is 0 Å². The first-order valence-electron chi connectivity index (χ1n) is 9.81. The van der Waals surface area contributed by atoms with Crippen molar-refractivity contribution in [2.45, 2.75) is 87.3 Å². The van der Waals surface area contributed by atoms with E-state index in [0.717, 1.165) is 0 Å². The van der Waals surface area contributed by atoms with Crippen LogP contribution in [0.1, 0.15) is 72.6 Å². The molecule has 3 aliphatic rings. The molecule has 3 heteroatoms. The number of fused-ring (bicyclic) bond motifs is 1. The molecule has 3 rings (SSSR count). The van der Waals surface area contributed by atoms with Crippen LogP contribution in [0.15, 0.2) is 22.3 Å². The molecule has 0 heterocycles. The molecular weight excluding hydrogens is 332 g/mol. The second kappa shape index (κ2) is 6.43. The van der Waals surface area contributed by atoms with Gasteiger partial charge in [-0.1, -0.05) is 0 Å². The summed E-state index contributed by atoms with van der Waals surface area (Å²) in [4.78, 5) is 12.5. The molecule has 2 atom stereocenters. The first-order chi connectivity index (χ1) is 11.1. The van der Waals surface area contributed by atoms with E-state index in [1.54, 1.807) is 22.3 Å². The van der Waals surface area contributed by atoms with Crippen LogP contribution in [0.4, 0.5) is 0 Å². The standard InChI is InChI=1S/C14H19.C5H10O2.2CH3.Ti/c1-10-11-6-2-4-8-13(11)14-9-5-3-7-12(10)14;1-5(2,3)4(6)7;;;/h6,10H,2-5,7-9H2,1H3;1-3H3,(H,6,7);2*1H3;/q;;;;+1/p-1. The first kappa shape index (κ1) is 18.5. The SMILES string of the molecule is CC1C2=C(CCCC2)C2=C1[CH]([Ti]([CH3])([CH3])[O]C(=O)C(C)(C)C)CCC2. The van der Waals surface area contributed by atoms with Gasteiger partial charge in [0.15, 0.2) is 0 Å². The van der Waals surface area contributed by atoms with Gasteiger partial charge < -0.3 is 0 Å². The summed E-state index contributed by atoms with van der Waals surface area (Å²) in [6.07, 6.45) is 9.07. The Balaban J connectivity index is 1.89. The Morgan fingerprint density at radius 1 is 1.04 bits per heavy atom. The molecule has 3 aliphatic carbocycles. The Hall–Kier alpha value is -0.336. The van der Waals surface area contributed by atoms with Crippen LogP contribution >= 0.6 is 0 Å². The quantitative estimate of drug-likeness (QED) is 0.519. The molecule has 0 saturated carbocycles. The molecule has 2 nitrogen and oxygen atoms in total. The van der Waals surface area contributed by atoms with Gasteiger partial charge in [0.25, 0.3) is 0 Å². The Kier molecular flexibility index (Phi) is 4.95. The van der Waals surface area contributed by atoms with E-state index in [4.69, 9.17) is 3.32 Å². The number of rotatable bonds is 2. The van der Waals surface area contributed by atoms with Crippen molar-refractivity contribution in [2.24, 2.45) is 11.3 Å². The molecule has 0 amide bonds. The summed E-state index contributed by atoms with van der Waals surface area (Å²) >= 11 is -2.69. The summed E-state index contributed by atoms with van der Waals surface area (Å²) in [7, 11) is 0. The van der Waals surface area contributed by atoms with E-state index < -0.39 is 22.4 Å². The summed E-state index contributed by atoms with van der Waals surface area (Å²) in [6.45, 7) is 8.33. The van der Waals surface area contributed by atoms with Crippen molar-refractivity contribution in [3.63, 3.8) is 0 Å². The minimum absolute atomic E-state index is 0.00333. The van der Waals surface area contributed by atoms with Gasteiger partial charge in [-0.25, -0.2) is 0 Å². The van der Waals surface area contributed by atoms with Crippen LogP contribution in [-0.4, -0.2) is 5.97 Å². The monoisotopic (exact) mass is 366 g/mol. The van der Waals surface area contributed by atoms with E-state index in [9.17, 15) is 4.79 Å². The van der Waals surface area contributed by atoms with E-state index in [2.05, 4.69) is 17.4 Å². The van der Waals surface area contributed by atoms with Crippen molar-refractivity contribution in [3.8, 4) is 0 Å². The molecule has 134 valence electrons. The number of carbonyl (C=O) groups is 1. The fourth-order valence-electron chi connectivity index (χ4n) is 5.01. The molecule has 2 unspecified atom stereocenters. The topological polar surface area (TPSA) is 26.3 Å². The van der Waals surface area contributed by atoms with Gasteiger partial charge >= 0.3 is 152 Å². The third-order valence-corrected chi connectivity index (χ3v) is 11.0. The second-order valence-electron chi connectivity index (χ2n) is 9.55. The molecule has 0 radical (unpaired) electrons. The van der Waals surface area contributed by atoms with Crippen LogP contribution in [0.25, 0.3) is 0 Å². The third-order valence-electron chi connectivity index (χ3n) is 6.31. The molecule has 0 bridgehead atoms. The maximum absolute atomic E-state index is 12.5. The second-order valence-corrected chi connectivity index (χ2v) is 16.0. The van der Waals surface area contributed by atoms with Crippen molar-refractivity contribution in [1.29, 1.82) is 0 Å². The molecule has 0 saturated heterocycles. The number of carbonyl (C=O) groups excluding carboxylic acids is 1. The molecule has 0 aromatic heterocycles. The number of allylic oxidation sites excluding steroid dienone is 4. The van der Waals surface area contributed by atoms with Crippen LogP contribution in [0, 0.1) is 11.3 Å². The normalized spacial score (nSPS) is 27.9. The zero-order valence-corrected chi connectivity index (χ0v) is 18.0. The Labute approximate surface area is 151 Å². The summed E-state index contributed by atoms with van der Waals surface area (Å²) < 4.78 is 6.80. The zero-order chi connectivity index (χ0) is 17.7. The van der Waals surface area contributed by atoms with E-state index in [-0.39, 0.29) is 5.97 Å². The summed E-state index contributed by atoms with van der Waals surface area (Å²) in [5.41, 5.74) is 6.44. The molecule has 0 aromatic rings. The van der Waals surface area contributed by atoms with Crippen molar-refractivity contribution >= 4 is 5.97 Å². The average molecular weight is 366 g/mol. The van der Waals surface area contributed by atoms with E-state index in [0.29, 0.717) is 10.1 Å². The van der Waals surface area contributed by atoms with Gasteiger partial charge in [0.2, 0.25) is 0 Å². The fraction of sp³-hybridized carbons (Fsp3) is 0.762. The van der Waals surface area contributed by atoms with Gasteiger partial charge in [0.1, 0.15) is 0 Å². The van der Waals surface area contributed by atoms with E-state index >= 15 is 0 Å². The Morgan fingerprint density at radius 2 is 1.67 bits per heavy atom. The molecule has 0 aliphatic heterocycles. The van der Waals surface area contributed by atoms with Gasteiger partial charge in [-0.15, -0.1) is 0 Å². The molecular formula is C21H34O2Ti. The number of hydrogen-bond acceptors (Lipinski definition) is 2. The fourth-order valence-corrected chi connectivity index (χ4v) is 9.69. The molecule has 0 aromatic carbocycles. The van der Waals surface area contributed by atoms with E-state index in [1.807, 2.05) is 20.8 Å². The van der Waals surface area contributed by atoms with E-state index in [1.165, 1.54) is 44.9 Å². The summed E-state index contributed by atoms with van der Waals surface area (Å²) in [5, 5.41) is 4.63. The maximum atomic E-state index is 12.5. The van der Waals surface area contributed by atoms with Crippen LogP contribution in [0.5, 0.6) is 0 Å². The van der Waals surface area contributed by atoms with Crippen molar-refractivity contribution in [2.75, 3.05) is 0 Å². The molecule has 0 fully saturated rings. The van der Waals surface area contributed by atoms with Gasteiger partial charge in [-0.05, 0) is 0 Å². The van der Waals surface area contributed by atoms with Crippen molar-refractivity contribution in [3.05, 3.63) is 22.3 Å². The van der Waals surface area contributed by atoms with Crippen LogP contribution in [0.3, 0.4) is 0 Å².